The van der Waals surface area contributed by atoms with Crippen molar-refractivity contribution in [2.75, 3.05) is 12.8 Å². The molecule has 1 aliphatic rings. The van der Waals surface area contributed by atoms with E-state index in [1.165, 1.54) is 12.8 Å². The number of benzene rings is 1. The van der Waals surface area contributed by atoms with Crippen LogP contribution in [0.3, 0.4) is 0 Å². The molecule has 2 rings (SSSR count). The highest BCUT2D eigenvalue weighted by molar-refractivity contribution is 5.97. The number of methoxy groups -OCH3 is 1. The molecule has 3 atom stereocenters. The molecule has 0 saturated heterocycles. The van der Waals surface area contributed by atoms with Crippen LogP contribution in [0.2, 0.25) is 0 Å². The molecule has 1 aromatic carbocycles. The lowest BCUT2D eigenvalue weighted by Crippen LogP contribution is -2.43. The summed E-state index contributed by atoms with van der Waals surface area (Å²) in [6.45, 7) is 4.47. The third kappa shape index (κ3) is 3.06. The summed E-state index contributed by atoms with van der Waals surface area (Å²) in [4.78, 5) is 12.4. The summed E-state index contributed by atoms with van der Waals surface area (Å²) < 4.78 is 5.24. The first-order chi connectivity index (χ1) is 9.52. The third-order valence-corrected chi connectivity index (χ3v) is 4.49. The van der Waals surface area contributed by atoms with E-state index < -0.39 is 0 Å². The van der Waals surface area contributed by atoms with Crippen LogP contribution < -0.4 is 15.8 Å². The van der Waals surface area contributed by atoms with Crippen LogP contribution >= 0.6 is 0 Å². The Hall–Kier alpha value is -1.71. The fourth-order valence-corrected chi connectivity index (χ4v) is 2.93. The van der Waals surface area contributed by atoms with Gasteiger partial charge in [-0.05, 0) is 30.4 Å². The Balaban J connectivity index is 2.12. The van der Waals surface area contributed by atoms with E-state index in [1.54, 1.807) is 25.3 Å². The van der Waals surface area contributed by atoms with Gasteiger partial charge in [0.25, 0.3) is 5.91 Å². The highest BCUT2D eigenvalue weighted by Crippen LogP contribution is 2.30. The maximum absolute atomic E-state index is 12.4. The Kier molecular flexibility index (Phi) is 4.53. The molecule has 0 heterocycles. The molecule has 1 aliphatic carbocycles. The van der Waals surface area contributed by atoms with Crippen molar-refractivity contribution in [2.24, 2.45) is 11.8 Å². The molecule has 4 nitrogen and oxygen atoms in total. The Labute approximate surface area is 120 Å². The van der Waals surface area contributed by atoms with E-state index >= 15 is 0 Å². The molecule has 0 spiro atoms. The smallest absolute Gasteiger partial charge is 0.255 e. The fourth-order valence-electron chi connectivity index (χ4n) is 2.93. The third-order valence-electron chi connectivity index (χ3n) is 4.49. The zero-order valence-corrected chi connectivity index (χ0v) is 12.5. The van der Waals surface area contributed by atoms with Crippen LogP contribution in [-0.2, 0) is 0 Å². The summed E-state index contributed by atoms with van der Waals surface area (Å²) in [6.07, 6.45) is 3.47. The molecule has 1 fully saturated rings. The highest BCUT2D eigenvalue weighted by atomic mass is 16.5. The number of nitrogens with two attached hydrogens (primary N) is 1. The van der Waals surface area contributed by atoms with Crippen molar-refractivity contribution in [1.82, 2.24) is 5.32 Å². The van der Waals surface area contributed by atoms with Crippen molar-refractivity contribution in [2.45, 2.75) is 39.2 Å². The first-order valence-electron chi connectivity index (χ1n) is 7.27. The number of hydrogen-bond donors (Lipinski definition) is 2. The van der Waals surface area contributed by atoms with Gasteiger partial charge in [0.1, 0.15) is 5.75 Å². The summed E-state index contributed by atoms with van der Waals surface area (Å²) in [5, 5.41) is 3.15. The molecule has 0 radical (unpaired) electrons. The Morgan fingerprint density at radius 1 is 1.35 bits per heavy atom. The standard InChI is InChI=1S/C16H24N2O2/c1-10-5-4-6-14(11(10)2)18-16(19)13-8-7-12(17)9-15(13)20-3/h7-11,14H,4-6,17H2,1-3H3,(H,18,19). The molecular formula is C16H24N2O2. The average molecular weight is 276 g/mol. The number of ether oxygens (including phenoxy) is 1. The van der Waals surface area contributed by atoms with Gasteiger partial charge in [-0.15, -0.1) is 0 Å². The van der Waals surface area contributed by atoms with Gasteiger partial charge in [-0.3, -0.25) is 4.79 Å². The zero-order valence-electron chi connectivity index (χ0n) is 12.5. The molecule has 0 bridgehead atoms. The number of carbonyl (C=O) groups is 1. The summed E-state index contributed by atoms with van der Waals surface area (Å²) in [5.74, 6) is 1.61. The molecular weight excluding hydrogens is 252 g/mol. The minimum atomic E-state index is -0.0761. The summed E-state index contributed by atoms with van der Waals surface area (Å²) >= 11 is 0. The van der Waals surface area contributed by atoms with Gasteiger partial charge in [-0.25, -0.2) is 0 Å². The quantitative estimate of drug-likeness (QED) is 0.834. The predicted molar refractivity (Wildman–Crippen MR) is 80.8 cm³/mol. The number of nitrogens with one attached hydrogen (secondary N) is 1. The second-order valence-electron chi connectivity index (χ2n) is 5.81. The molecule has 3 N–H and O–H groups in total. The Bertz CT molecular complexity index is 487. The number of anilines is 1. The van der Waals surface area contributed by atoms with Crippen LogP contribution in [0.25, 0.3) is 0 Å². The van der Waals surface area contributed by atoms with Gasteiger partial charge in [0.05, 0.1) is 12.7 Å². The molecule has 4 heteroatoms. The van der Waals surface area contributed by atoms with Crippen molar-refractivity contribution < 1.29 is 9.53 Å². The van der Waals surface area contributed by atoms with Gasteiger partial charge in [0.2, 0.25) is 0 Å². The van der Waals surface area contributed by atoms with E-state index in [0.717, 1.165) is 6.42 Å². The van der Waals surface area contributed by atoms with E-state index in [1.807, 2.05) is 0 Å². The minimum absolute atomic E-state index is 0.0761. The van der Waals surface area contributed by atoms with Crippen molar-refractivity contribution in [3.8, 4) is 5.75 Å². The monoisotopic (exact) mass is 276 g/mol. The maximum Gasteiger partial charge on any atom is 0.255 e. The number of nitrogen functional groups attached to an aromatic ring is 1. The van der Waals surface area contributed by atoms with Crippen LogP contribution in [0.4, 0.5) is 5.69 Å². The summed E-state index contributed by atoms with van der Waals surface area (Å²) in [6, 6.07) is 5.38. The van der Waals surface area contributed by atoms with Crippen LogP contribution in [0, 0.1) is 11.8 Å². The molecule has 1 aromatic rings. The molecule has 20 heavy (non-hydrogen) atoms. The molecule has 110 valence electrons. The number of hydrogen-bond acceptors (Lipinski definition) is 3. The SMILES string of the molecule is COc1cc(N)ccc1C(=O)NC1CCCC(C)C1C. The molecule has 1 saturated carbocycles. The Morgan fingerprint density at radius 3 is 2.80 bits per heavy atom. The molecule has 1 amide bonds. The van der Waals surface area contributed by atoms with Gasteiger partial charge >= 0.3 is 0 Å². The number of rotatable bonds is 3. The Morgan fingerprint density at radius 2 is 2.10 bits per heavy atom. The van der Waals surface area contributed by atoms with E-state index in [2.05, 4.69) is 19.2 Å². The molecule has 0 aliphatic heterocycles. The van der Waals surface area contributed by atoms with Crippen LogP contribution in [0.5, 0.6) is 5.75 Å². The van der Waals surface area contributed by atoms with Crippen molar-refractivity contribution in [3.63, 3.8) is 0 Å². The van der Waals surface area contributed by atoms with Crippen molar-refractivity contribution in [1.29, 1.82) is 0 Å². The number of amides is 1. The van der Waals surface area contributed by atoms with Gasteiger partial charge in [-0.2, -0.15) is 0 Å². The van der Waals surface area contributed by atoms with Crippen LogP contribution in [-0.4, -0.2) is 19.1 Å². The van der Waals surface area contributed by atoms with E-state index in [0.29, 0.717) is 28.8 Å². The predicted octanol–water partition coefficient (Wildman–Crippen LogP) is 2.83. The lowest BCUT2D eigenvalue weighted by Gasteiger charge is -2.34. The van der Waals surface area contributed by atoms with Crippen molar-refractivity contribution >= 4 is 11.6 Å². The normalized spacial score (nSPS) is 26.1. The first kappa shape index (κ1) is 14.7. The lowest BCUT2D eigenvalue weighted by atomic mass is 9.78. The average Bonchev–Trinajstić information content (AvgIpc) is 2.43. The van der Waals surface area contributed by atoms with Gasteiger partial charge in [-0.1, -0.05) is 26.7 Å². The molecule has 3 unspecified atom stereocenters. The van der Waals surface area contributed by atoms with Crippen LogP contribution in [0.15, 0.2) is 18.2 Å². The van der Waals surface area contributed by atoms with Gasteiger partial charge in [0, 0.05) is 17.8 Å². The van der Waals surface area contributed by atoms with Crippen molar-refractivity contribution in [3.05, 3.63) is 23.8 Å². The summed E-state index contributed by atoms with van der Waals surface area (Å²) in [7, 11) is 1.55. The topological polar surface area (TPSA) is 64.3 Å². The lowest BCUT2D eigenvalue weighted by molar-refractivity contribution is 0.0888. The summed E-state index contributed by atoms with van der Waals surface area (Å²) in [5.41, 5.74) is 6.86. The van der Waals surface area contributed by atoms with Gasteiger partial charge in [0.15, 0.2) is 0 Å². The van der Waals surface area contributed by atoms with E-state index in [4.69, 9.17) is 10.5 Å². The first-order valence-corrected chi connectivity index (χ1v) is 7.27. The van der Waals surface area contributed by atoms with Crippen LogP contribution in [0.1, 0.15) is 43.5 Å². The second kappa shape index (κ2) is 6.16. The minimum Gasteiger partial charge on any atom is -0.496 e. The van der Waals surface area contributed by atoms with Gasteiger partial charge < -0.3 is 15.8 Å². The second-order valence-corrected chi connectivity index (χ2v) is 5.81. The van der Waals surface area contributed by atoms with E-state index in [9.17, 15) is 4.79 Å². The number of carbonyl (C=O) groups excluding carboxylic acids is 1. The molecule has 0 aromatic heterocycles. The van der Waals surface area contributed by atoms with E-state index in [-0.39, 0.29) is 11.9 Å². The largest absolute Gasteiger partial charge is 0.496 e. The highest BCUT2D eigenvalue weighted by Gasteiger charge is 2.28. The fraction of sp³-hybridized carbons (Fsp3) is 0.562. The zero-order chi connectivity index (χ0) is 14.7. The maximum atomic E-state index is 12.4.